The zero-order valence-electron chi connectivity index (χ0n) is 11.7. The van der Waals surface area contributed by atoms with Crippen LogP contribution in [0.3, 0.4) is 0 Å². The summed E-state index contributed by atoms with van der Waals surface area (Å²) in [7, 11) is 1.37. The second-order valence-electron chi connectivity index (χ2n) is 4.96. The number of nitro groups is 1. The first-order valence-electron chi connectivity index (χ1n) is 6.64. The van der Waals surface area contributed by atoms with Crippen LogP contribution < -0.4 is 4.90 Å². The van der Waals surface area contributed by atoms with Crippen molar-refractivity contribution in [3.63, 3.8) is 0 Å². The lowest BCUT2D eigenvalue weighted by Gasteiger charge is -2.35. The van der Waals surface area contributed by atoms with Crippen LogP contribution in [0.1, 0.15) is 24.8 Å². The number of benzene rings is 1. The topological polar surface area (TPSA) is 72.7 Å². The van der Waals surface area contributed by atoms with E-state index < -0.39 is 4.92 Å². The number of esters is 1. The Balaban J connectivity index is 2.35. The molecule has 1 aromatic rings. The van der Waals surface area contributed by atoms with E-state index in [1.807, 2.05) is 11.0 Å². The first-order valence-corrected chi connectivity index (χ1v) is 6.64. The quantitative estimate of drug-likeness (QED) is 0.482. The van der Waals surface area contributed by atoms with Crippen molar-refractivity contribution in [1.29, 1.82) is 0 Å². The summed E-state index contributed by atoms with van der Waals surface area (Å²) in [5, 5.41) is 11.0. The molecule has 1 heterocycles. The maximum Gasteiger partial charge on any atom is 0.328 e. The zero-order chi connectivity index (χ0) is 14.7. The molecular weight excluding hydrogens is 260 g/mol. The van der Waals surface area contributed by atoms with Gasteiger partial charge in [0.05, 0.1) is 12.0 Å². The fourth-order valence-electron chi connectivity index (χ4n) is 2.59. The van der Waals surface area contributed by atoms with Gasteiger partial charge >= 0.3 is 5.97 Å². The van der Waals surface area contributed by atoms with Gasteiger partial charge in [0, 0.05) is 23.9 Å². The fourth-order valence-corrected chi connectivity index (χ4v) is 2.59. The number of rotatable bonds is 3. The highest BCUT2D eigenvalue weighted by atomic mass is 16.6. The van der Waals surface area contributed by atoms with Crippen LogP contribution in [-0.4, -0.2) is 30.6 Å². The van der Waals surface area contributed by atoms with Crippen LogP contribution in [0, 0.1) is 17.0 Å². The van der Waals surface area contributed by atoms with Crippen LogP contribution in [0.15, 0.2) is 18.2 Å². The van der Waals surface area contributed by atoms with Gasteiger partial charge in [-0.15, -0.1) is 0 Å². The number of ether oxygens (including phenoxy) is 1. The number of nitrogens with zero attached hydrogens (tertiary/aromatic N) is 2. The molecular formula is C14H18N2O4. The highest BCUT2D eigenvalue weighted by molar-refractivity contribution is 5.80. The molecule has 0 aliphatic carbocycles. The van der Waals surface area contributed by atoms with Gasteiger partial charge < -0.3 is 9.64 Å². The fraction of sp³-hybridized carbons (Fsp3) is 0.500. The van der Waals surface area contributed by atoms with Gasteiger partial charge in [-0.05, 0) is 32.3 Å². The second kappa shape index (κ2) is 5.90. The monoisotopic (exact) mass is 278 g/mol. The summed E-state index contributed by atoms with van der Waals surface area (Å²) in [6.07, 6.45) is 2.65. The van der Waals surface area contributed by atoms with Gasteiger partial charge in [0.15, 0.2) is 0 Å². The van der Waals surface area contributed by atoms with Crippen LogP contribution >= 0.6 is 0 Å². The van der Waals surface area contributed by atoms with Crippen molar-refractivity contribution in [2.75, 3.05) is 18.6 Å². The maximum atomic E-state index is 11.8. The summed E-state index contributed by atoms with van der Waals surface area (Å²) in [5.41, 5.74) is 1.40. The summed E-state index contributed by atoms with van der Waals surface area (Å²) < 4.78 is 4.83. The van der Waals surface area contributed by atoms with Gasteiger partial charge in [-0.1, -0.05) is 6.07 Å². The van der Waals surface area contributed by atoms with Gasteiger partial charge in [0.1, 0.15) is 6.04 Å². The van der Waals surface area contributed by atoms with Crippen LogP contribution in [0.25, 0.3) is 0 Å². The summed E-state index contributed by atoms with van der Waals surface area (Å²) >= 11 is 0. The smallest absolute Gasteiger partial charge is 0.328 e. The molecule has 1 aliphatic rings. The van der Waals surface area contributed by atoms with Crippen molar-refractivity contribution >= 4 is 17.3 Å². The molecule has 20 heavy (non-hydrogen) atoms. The molecule has 0 aromatic heterocycles. The highest BCUT2D eigenvalue weighted by Gasteiger charge is 2.30. The van der Waals surface area contributed by atoms with Crippen molar-refractivity contribution in [2.45, 2.75) is 32.2 Å². The molecule has 0 amide bonds. The molecule has 1 saturated heterocycles. The van der Waals surface area contributed by atoms with Gasteiger partial charge in [-0.2, -0.15) is 0 Å². The third-order valence-electron chi connectivity index (χ3n) is 3.70. The third-order valence-corrected chi connectivity index (χ3v) is 3.70. The molecule has 0 N–H and O–H groups in total. The van der Waals surface area contributed by atoms with E-state index in [1.165, 1.54) is 13.2 Å². The number of piperidine rings is 1. The summed E-state index contributed by atoms with van der Waals surface area (Å²) in [6, 6.07) is 4.73. The predicted octanol–water partition coefficient (Wildman–Crippen LogP) is 2.44. The molecule has 0 bridgehead atoms. The lowest BCUT2D eigenvalue weighted by molar-refractivity contribution is -0.385. The van der Waals surface area contributed by atoms with Crippen molar-refractivity contribution in [2.24, 2.45) is 0 Å². The molecule has 0 radical (unpaired) electrons. The SMILES string of the molecule is COC(=O)C1CCCCN1c1ccc(C)c([N+](=O)[O-])c1. The minimum absolute atomic E-state index is 0.0803. The summed E-state index contributed by atoms with van der Waals surface area (Å²) in [4.78, 5) is 24.4. The highest BCUT2D eigenvalue weighted by Crippen LogP contribution is 2.30. The number of methoxy groups -OCH3 is 1. The molecule has 6 nitrogen and oxygen atoms in total. The lowest BCUT2D eigenvalue weighted by Crippen LogP contribution is -2.45. The van der Waals surface area contributed by atoms with Gasteiger partial charge in [-0.25, -0.2) is 4.79 Å². The van der Waals surface area contributed by atoms with E-state index in [0.717, 1.165) is 12.8 Å². The summed E-state index contributed by atoms with van der Waals surface area (Å²) in [5.74, 6) is -0.284. The molecule has 2 rings (SSSR count). The van der Waals surface area contributed by atoms with Gasteiger partial charge in [0.2, 0.25) is 0 Å². The Morgan fingerprint density at radius 1 is 1.45 bits per heavy atom. The van der Waals surface area contributed by atoms with E-state index in [1.54, 1.807) is 13.0 Å². The average molecular weight is 278 g/mol. The van der Waals surface area contributed by atoms with Crippen LogP contribution in [0.5, 0.6) is 0 Å². The van der Waals surface area contributed by atoms with E-state index >= 15 is 0 Å². The molecule has 0 saturated carbocycles. The molecule has 0 spiro atoms. The van der Waals surface area contributed by atoms with Gasteiger partial charge in [0.25, 0.3) is 5.69 Å². The number of carbonyl (C=O) groups is 1. The number of carbonyl (C=O) groups excluding carboxylic acids is 1. The first-order chi connectivity index (χ1) is 9.54. The third kappa shape index (κ3) is 2.74. The Labute approximate surface area is 117 Å². The predicted molar refractivity (Wildman–Crippen MR) is 74.8 cm³/mol. The minimum Gasteiger partial charge on any atom is -0.467 e. The van der Waals surface area contributed by atoms with Crippen LogP contribution in [0.2, 0.25) is 0 Å². The number of hydrogen-bond acceptors (Lipinski definition) is 5. The second-order valence-corrected chi connectivity index (χ2v) is 4.96. The molecule has 1 aliphatic heterocycles. The molecule has 1 aromatic carbocycles. The molecule has 1 atom stereocenters. The normalized spacial score (nSPS) is 18.7. The Hall–Kier alpha value is -2.11. The maximum absolute atomic E-state index is 11.8. The van der Waals surface area contributed by atoms with Crippen molar-refractivity contribution in [3.8, 4) is 0 Å². The summed E-state index contributed by atoms with van der Waals surface area (Å²) in [6.45, 7) is 2.41. The van der Waals surface area contributed by atoms with Crippen molar-refractivity contribution in [3.05, 3.63) is 33.9 Å². The largest absolute Gasteiger partial charge is 0.467 e. The van der Waals surface area contributed by atoms with Gasteiger partial charge in [-0.3, -0.25) is 10.1 Å². The van der Waals surface area contributed by atoms with E-state index in [2.05, 4.69) is 0 Å². The van der Waals surface area contributed by atoms with E-state index in [0.29, 0.717) is 24.2 Å². The number of aryl methyl sites for hydroxylation is 1. The van der Waals surface area contributed by atoms with E-state index in [-0.39, 0.29) is 17.7 Å². The molecule has 108 valence electrons. The Morgan fingerprint density at radius 3 is 2.85 bits per heavy atom. The van der Waals surface area contributed by atoms with E-state index in [9.17, 15) is 14.9 Å². The Bertz CT molecular complexity index is 530. The van der Waals surface area contributed by atoms with Crippen LogP contribution in [0.4, 0.5) is 11.4 Å². The Morgan fingerprint density at radius 2 is 2.20 bits per heavy atom. The standard InChI is InChI=1S/C14H18N2O4/c1-10-6-7-11(9-13(10)16(18)19)15-8-4-3-5-12(15)14(17)20-2/h6-7,9,12H,3-5,8H2,1-2H3. The lowest BCUT2D eigenvalue weighted by atomic mass is 10.0. The number of hydrogen-bond donors (Lipinski definition) is 0. The van der Waals surface area contributed by atoms with Crippen molar-refractivity contribution < 1.29 is 14.5 Å². The molecule has 6 heteroatoms. The number of anilines is 1. The minimum atomic E-state index is -0.393. The number of nitro benzene ring substituents is 1. The van der Waals surface area contributed by atoms with Crippen molar-refractivity contribution in [1.82, 2.24) is 0 Å². The first kappa shape index (κ1) is 14.3. The van der Waals surface area contributed by atoms with Crippen LogP contribution in [-0.2, 0) is 9.53 Å². The molecule has 1 fully saturated rings. The Kier molecular flexibility index (Phi) is 4.22. The van der Waals surface area contributed by atoms with E-state index in [4.69, 9.17) is 4.74 Å². The molecule has 1 unspecified atom stereocenters. The zero-order valence-corrected chi connectivity index (χ0v) is 11.7. The average Bonchev–Trinajstić information content (AvgIpc) is 2.46.